The zero-order valence-electron chi connectivity index (χ0n) is 11.5. The summed E-state index contributed by atoms with van der Waals surface area (Å²) >= 11 is 0. The van der Waals surface area contributed by atoms with E-state index in [0.29, 0.717) is 23.3 Å². The van der Waals surface area contributed by atoms with Gasteiger partial charge in [-0.1, -0.05) is 6.92 Å². The fourth-order valence-corrected chi connectivity index (χ4v) is 2.96. The number of benzene rings is 1. The van der Waals surface area contributed by atoms with Crippen LogP contribution in [0.2, 0.25) is 0 Å². The molecule has 6 heteroatoms. The number of hydrogen-bond donors (Lipinski definition) is 1. The van der Waals surface area contributed by atoms with E-state index in [1.54, 1.807) is 12.1 Å². The van der Waals surface area contributed by atoms with Gasteiger partial charge in [0, 0.05) is 11.6 Å². The Morgan fingerprint density at radius 3 is 2.75 bits per heavy atom. The van der Waals surface area contributed by atoms with Gasteiger partial charge in [-0.3, -0.25) is 0 Å². The summed E-state index contributed by atoms with van der Waals surface area (Å²) in [7, 11) is -3.14. The third kappa shape index (κ3) is 3.80. The monoisotopic (exact) mass is 299 g/mol. The van der Waals surface area contributed by atoms with Crippen molar-refractivity contribution in [1.82, 2.24) is 5.32 Å². The molecule has 1 atom stereocenters. The minimum Gasteiger partial charge on any atom is -0.459 e. The van der Waals surface area contributed by atoms with E-state index in [-0.39, 0.29) is 11.6 Å². The van der Waals surface area contributed by atoms with E-state index < -0.39 is 15.9 Å². The van der Waals surface area contributed by atoms with Crippen molar-refractivity contribution in [2.24, 2.45) is 0 Å². The van der Waals surface area contributed by atoms with Crippen molar-refractivity contribution in [1.29, 1.82) is 0 Å². The maximum Gasteiger partial charge on any atom is 0.149 e. The van der Waals surface area contributed by atoms with Crippen LogP contribution in [0, 0.1) is 5.82 Å². The molecule has 1 heterocycles. The molecule has 0 saturated heterocycles. The lowest BCUT2D eigenvalue weighted by molar-refractivity contribution is 0.450. The number of halogens is 1. The number of nitrogens with one attached hydrogen (secondary N) is 1. The fourth-order valence-electron chi connectivity index (χ4n) is 2.07. The fraction of sp³-hybridized carbons (Fsp3) is 0.429. The Kier molecular flexibility index (Phi) is 4.45. The van der Waals surface area contributed by atoms with Crippen LogP contribution >= 0.6 is 0 Å². The molecule has 2 rings (SSSR count). The maximum absolute atomic E-state index is 13.2. The smallest absolute Gasteiger partial charge is 0.149 e. The third-order valence-corrected chi connectivity index (χ3v) is 3.89. The summed E-state index contributed by atoms with van der Waals surface area (Å²) in [5.41, 5.74) is 0.554. The molecule has 0 amide bonds. The molecule has 0 aliphatic heterocycles. The number of hydrogen-bond acceptors (Lipinski definition) is 4. The third-order valence-electron chi connectivity index (χ3n) is 2.95. The Morgan fingerprint density at radius 1 is 1.35 bits per heavy atom. The molecule has 20 heavy (non-hydrogen) atoms. The van der Waals surface area contributed by atoms with Gasteiger partial charge in [0.2, 0.25) is 0 Å². The molecule has 1 N–H and O–H groups in total. The normalized spacial score (nSPS) is 13.8. The summed E-state index contributed by atoms with van der Waals surface area (Å²) in [6.45, 7) is 2.68. The number of furan rings is 1. The van der Waals surface area contributed by atoms with Gasteiger partial charge in [0.1, 0.15) is 27.0 Å². The van der Waals surface area contributed by atoms with Gasteiger partial charge >= 0.3 is 0 Å². The second kappa shape index (κ2) is 5.93. The molecule has 1 aromatic heterocycles. The van der Waals surface area contributed by atoms with E-state index in [0.717, 1.165) is 6.42 Å². The summed E-state index contributed by atoms with van der Waals surface area (Å²) in [5, 5.41) is 3.79. The summed E-state index contributed by atoms with van der Waals surface area (Å²) < 4.78 is 41.8. The molecular weight excluding hydrogens is 281 g/mol. The van der Waals surface area contributed by atoms with E-state index in [4.69, 9.17) is 4.42 Å². The first kappa shape index (κ1) is 15.0. The van der Waals surface area contributed by atoms with Crippen LogP contribution in [0.15, 0.2) is 28.7 Å². The largest absolute Gasteiger partial charge is 0.459 e. The second-order valence-electron chi connectivity index (χ2n) is 4.93. The van der Waals surface area contributed by atoms with Gasteiger partial charge in [-0.05, 0) is 37.2 Å². The van der Waals surface area contributed by atoms with Gasteiger partial charge in [0.05, 0.1) is 11.8 Å². The van der Waals surface area contributed by atoms with Crippen molar-refractivity contribution >= 4 is 20.8 Å². The van der Waals surface area contributed by atoms with Gasteiger partial charge in [-0.2, -0.15) is 0 Å². The zero-order chi connectivity index (χ0) is 14.8. The highest BCUT2D eigenvalue weighted by molar-refractivity contribution is 7.90. The first-order valence-corrected chi connectivity index (χ1v) is 8.55. The van der Waals surface area contributed by atoms with Crippen LogP contribution in [0.4, 0.5) is 4.39 Å². The molecule has 0 saturated carbocycles. The first-order valence-electron chi connectivity index (χ1n) is 6.49. The molecule has 0 aliphatic rings. The van der Waals surface area contributed by atoms with Gasteiger partial charge in [0.15, 0.2) is 0 Å². The minimum absolute atomic E-state index is 0.0463. The topological polar surface area (TPSA) is 59.3 Å². The van der Waals surface area contributed by atoms with Crippen LogP contribution in [0.25, 0.3) is 11.0 Å². The van der Waals surface area contributed by atoms with Crippen LogP contribution < -0.4 is 5.32 Å². The molecule has 1 aromatic carbocycles. The Balaban J connectivity index is 2.34. The van der Waals surface area contributed by atoms with Gasteiger partial charge in [0.25, 0.3) is 0 Å². The summed E-state index contributed by atoms with van der Waals surface area (Å²) in [6, 6.07) is 5.52. The van der Waals surface area contributed by atoms with Gasteiger partial charge < -0.3 is 9.73 Å². The van der Waals surface area contributed by atoms with Crippen LogP contribution in [-0.4, -0.2) is 27.0 Å². The Bertz CT molecular complexity index is 694. The van der Waals surface area contributed by atoms with Crippen LogP contribution in [0.5, 0.6) is 0 Å². The molecule has 0 spiro atoms. The van der Waals surface area contributed by atoms with Gasteiger partial charge in [-0.25, -0.2) is 12.8 Å². The van der Waals surface area contributed by atoms with Crippen LogP contribution in [-0.2, 0) is 9.84 Å². The van der Waals surface area contributed by atoms with Gasteiger partial charge in [-0.15, -0.1) is 0 Å². The summed E-state index contributed by atoms with van der Waals surface area (Å²) in [5.74, 6) is 0.130. The van der Waals surface area contributed by atoms with Crippen molar-refractivity contribution in [3.05, 3.63) is 35.8 Å². The van der Waals surface area contributed by atoms with E-state index in [2.05, 4.69) is 5.32 Å². The lowest BCUT2D eigenvalue weighted by atomic mass is 10.2. The average Bonchev–Trinajstić information content (AvgIpc) is 2.75. The highest BCUT2D eigenvalue weighted by Crippen LogP contribution is 2.25. The molecule has 0 fully saturated rings. The molecule has 0 bridgehead atoms. The molecule has 2 aromatic rings. The average molecular weight is 299 g/mol. The molecule has 0 aliphatic carbocycles. The molecule has 4 nitrogen and oxygen atoms in total. The number of fused-ring (bicyclic) bond motifs is 1. The van der Waals surface area contributed by atoms with E-state index in [1.807, 2.05) is 6.92 Å². The second-order valence-corrected chi connectivity index (χ2v) is 7.11. The quantitative estimate of drug-likeness (QED) is 0.891. The van der Waals surface area contributed by atoms with E-state index in [9.17, 15) is 12.8 Å². The standard InChI is InChI=1S/C14H18FNO3S/c1-3-6-16-12(9-20(2,17)18)14-8-10-7-11(15)4-5-13(10)19-14/h4-5,7-8,12,16H,3,6,9H2,1-2H3. The van der Waals surface area contributed by atoms with Crippen molar-refractivity contribution in [3.63, 3.8) is 0 Å². The van der Waals surface area contributed by atoms with Crippen LogP contribution in [0.1, 0.15) is 25.1 Å². The summed E-state index contributed by atoms with van der Waals surface area (Å²) in [4.78, 5) is 0. The molecule has 0 radical (unpaired) electrons. The van der Waals surface area contributed by atoms with Crippen LogP contribution in [0.3, 0.4) is 0 Å². The highest BCUT2D eigenvalue weighted by Gasteiger charge is 2.20. The highest BCUT2D eigenvalue weighted by atomic mass is 32.2. The molecule has 110 valence electrons. The molecular formula is C14H18FNO3S. The Morgan fingerprint density at radius 2 is 2.10 bits per heavy atom. The molecule has 1 unspecified atom stereocenters. The van der Waals surface area contributed by atoms with E-state index in [1.165, 1.54) is 18.4 Å². The van der Waals surface area contributed by atoms with Crippen molar-refractivity contribution in [2.45, 2.75) is 19.4 Å². The van der Waals surface area contributed by atoms with Crippen molar-refractivity contribution < 1.29 is 17.2 Å². The predicted octanol–water partition coefficient (Wildman–Crippen LogP) is 2.66. The zero-order valence-corrected chi connectivity index (χ0v) is 12.3. The Hall–Kier alpha value is -1.40. The Labute approximate surface area is 117 Å². The number of rotatable bonds is 6. The van der Waals surface area contributed by atoms with E-state index >= 15 is 0 Å². The minimum atomic E-state index is -3.14. The number of sulfone groups is 1. The van der Waals surface area contributed by atoms with Crippen molar-refractivity contribution in [3.8, 4) is 0 Å². The predicted molar refractivity (Wildman–Crippen MR) is 76.9 cm³/mol. The van der Waals surface area contributed by atoms with Crippen molar-refractivity contribution in [2.75, 3.05) is 18.6 Å². The summed E-state index contributed by atoms with van der Waals surface area (Å²) in [6.07, 6.45) is 2.07. The lowest BCUT2D eigenvalue weighted by Gasteiger charge is -2.14. The maximum atomic E-state index is 13.2. The first-order chi connectivity index (χ1) is 9.39. The lowest BCUT2D eigenvalue weighted by Crippen LogP contribution is -2.28. The SMILES string of the molecule is CCCNC(CS(C)(=O)=O)c1cc2cc(F)ccc2o1.